The summed E-state index contributed by atoms with van der Waals surface area (Å²) in [5.74, 6) is 5.62. The minimum Gasteiger partial charge on any atom is -0.218 e. The fraction of sp³-hybridized carbons (Fsp3) is 0.267. The van der Waals surface area contributed by atoms with Crippen LogP contribution in [0, 0.1) is 23.7 Å². The topological polar surface area (TPSA) is 28.3 Å². The summed E-state index contributed by atoms with van der Waals surface area (Å²) in [6, 6.07) is 31.8. The van der Waals surface area contributed by atoms with Crippen molar-refractivity contribution in [1.82, 2.24) is 0 Å². The molecule has 0 amide bonds. The third-order valence-corrected chi connectivity index (χ3v) is 8.84. The Hall–Kier alpha value is -3.26. The molecule has 0 bridgehead atoms. The van der Waals surface area contributed by atoms with E-state index in [4.69, 9.17) is 0 Å². The molecule has 3 aliphatic rings. The maximum Gasteiger partial charge on any atom is 0.167 e. The van der Waals surface area contributed by atoms with Crippen LogP contribution in [0.3, 0.4) is 0 Å². The maximum atomic E-state index is 3.23. The first-order chi connectivity index (χ1) is 15.9. The first kappa shape index (κ1) is 18.3. The summed E-state index contributed by atoms with van der Waals surface area (Å²) < 4.78 is 0. The quantitative estimate of drug-likeness (QED) is 0.434. The Morgan fingerprint density at radius 1 is 0.344 bits per heavy atom. The van der Waals surface area contributed by atoms with E-state index < -0.39 is 0 Å². The lowest BCUT2D eigenvalue weighted by molar-refractivity contribution is -0.378. The highest BCUT2D eigenvalue weighted by atomic mass is 14.8. The third kappa shape index (κ3) is 2.47. The normalized spacial score (nSPS) is 34.2. The second-order valence-electron chi connectivity index (χ2n) is 9.90. The van der Waals surface area contributed by atoms with Crippen LogP contribution >= 0.6 is 0 Å². The summed E-state index contributed by atoms with van der Waals surface area (Å²) >= 11 is 0. The van der Waals surface area contributed by atoms with Crippen molar-refractivity contribution in [1.29, 1.82) is 0 Å². The molecule has 0 spiro atoms. The number of H-pyrrole nitrogens is 2. The molecule has 4 aromatic rings. The third-order valence-electron chi connectivity index (χ3n) is 8.84. The van der Waals surface area contributed by atoms with Gasteiger partial charge in [-0.3, -0.25) is 0 Å². The first-order valence-corrected chi connectivity index (χ1v) is 12.0. The number of fused-ring (bicyclic) bond motifs is 4. The molecular formula is C30H28N2+2. The zero-order valence-electron chi connectivity index (χ0n) is 18.0. The number of aromatic nitrogens is 2. The van der Waals surface area contributed by atoms with Crippen LogP contribution < -0.4 is 9.97 Å². The van der Waals surface area contributed by atoms with Crippen LogP contribution in [0.15, 0.2) is 110 Å². The van der Waals surface area contributed by atoms with Gasteiger partial charge in [-0.05, 0) is 69.6 Å². The minimum absolute atomic E-state index is 0.620. The highest BCUT2D eigenvalue weighted by Gasteiger charge is 2.75. The van der Waals surface area contributed by atoms with Gasteiger partial charge in [0.2, 0.25) is 0 Å². The average Bonchev–Trinajstić information content (AvgIpc) is 2.85. The summed E-state index contributed by atoms with van der Waals surface area (Å²) in [4.78, 5) is 6.46. The molecule has 7 rings (SSSR count). The van der Waals surface area contributed by atoms with Gasteiger partial charge < -0.3 is 0 Å². The van der Waals surface area contributed by atoms with Gasteiger partial charge in [-0.25, -0.2) is 9.97 Å². The van der Waals surface area contributed by atoms with Crippen molar-refractivity contribution in [3.63, 3.8) is 0 Å². The molecular weight excluding hydrogens is 388 g/mol. The lowest BCUT2D eigenvalue weighted by Gasteiger charge is -2.78. The number of nitrogens with one attached hydrogen (secondary N) is 2. The van der Waals surface area contributed by atoms with Gasteiger partial charge in [0.05, 0.1) is 0 Å². The van der Waals surface area contributed by atoms with Crippen LogP contribution in [0.2, 0.25) is 0 Å². The van der Waals surface area contributed by atoms with E-state index in [2.05, 4.69) is 120 Å². The largest absolute Gasteiger partial charge is 0.218 e. The van der Waals surface area contributed by atoms with E-state index in [0.29, 0.717) is 23.7 Å². The van der Waals surface area contributed by atoms with E-state index in [1.54, 1.807) is 0 Å². The Kier molecular flexibility index (Phi) is 4.08. The maximum absolute atomic E-state index is 3.23. The fourth-order valence-electron chi connectivity index (χ4n) is 7.78. The number of hydrogen-bond acceptors (Lipinski definition) is 0. The monoisotopic (exact) mass is 416 g/mol. The van der Waals surface area contributed by atoms with Crippen LogP contribution in [-0.2, 0) is 0 Å². The van der Waals surface area contributed by atoms with Crippen molar-refractivity contribution >= 4 is 0 Å². The van der Waals surface area contributed by atoms with Crippen molar-refractivity contribution in [2.45, 2.75) is 23.7 Å². The molecule has 156 valence electrons. The number of hydrogen-bond donors (Lipinski definition) is 0. The predicted octanol–water partition coefficient (Wildman–Crippen LogP) is 5.26. The van der Waals surface area contributed by atoms with Gasteiger partial charge in [0.25, 0.3) is 0 Å². The highest BCUT2D eigenvalue weighted by Crippen LogP contribution is 2.83. The highest BCUT2D eigenvalue weighted by molar-refractivity contribution is 5.46. The number of rotatable bonds is 4. The van der Waals surface area contributed by atoms with Crippen molar-refractivity contribution in [2.24, 2.45) is 23.7 Å². The summed E-state index contributed by atoms with van der Waals surface area (Å²) in [5.41, 5.74) is 6.05. The van der Waals surface area contributed by atoms with Crippen LogP contribution in [0.1, 0.15) is 45.9 Å². The molecule has 2 heterocycles. The van der Waals surface area contributed by atoms with Crippen LogP contribution in [-0.4, -0.2) is 0 Å². The number of pyridine rings is 2. The summed E-state index contributed by atoms with van der Waals surface area (Å²) in [6.07, 6.45) is 8.39. The van der Waals surface area contributed by atoms with Gasteiger partial charge >= 0.3 is 0 Å². The predicted molar refractivity (Wildman–Crippen MR) is 124 cm³/mol. The van der Waals surface area contributed by atoms with Gasteiger partial charge in [-0.2, -0.15) is 0 Å². The molecule has 2 heteroatoms. The molecule has 8 atom stereocenters. The van der Waals surface area contributed by atoms with Crippen molar-refractivity contribution < 1.29 is 9.97 Å². The Morgan fingerprint density at radius 2 is 0.625 bits per heavy atom. The molecule has 2 aromatic carbocycles. The van der Waals surface area contributed by atoms with E-state index in [1.807, 2.05) is 0 Å². The SMILES string of the molecule is c1ccc([C@@H]2C3C4C(C3[C@@H]2c2cc[nH+]cc2)[C@H](c2ccccc2)[C@@H]4c2cc[nH+]cc2)cc1. The second-order valence-corrected chi connectivity index (χ2v) is 9.90. The van der Waals surface area contributed by atoms with E-state index in [1.165, 1.54) is 22.3 Å². The zero-order valence-corrected chi connectivity index (χ0v) is 18.0. The van der Waals surface area contributed by atoms with Crippen molar-refractivity contribution in [3.05, 3.63) is 132 Å². The molecule has 0 radical (unpaired) electrons. The first-order valence-electron chi connectivity index (χ1n) is 12.0. The summed E-state index contributed by atoms with van der Waals surface area (Å²) in [5, 5.41) is 0. The lowest BCUT2D eigenvalue weighted by atomic mass is 9.25. The Morgan fingerprint density at radius 3 is 0.938 bits per heavy atom. The molecule has 4 unspecified atom stereocenters. The molecule has 2 N–H and O–H groups in total. The molecule has 3 saturated carbocycles. The second kappa shape index (κ2) is 7.13. The van der Waals surface area contributed by atoms with Gasteiger partial charge in [-0.1, -0.05) is 60.7 Å². The van der Waals surface area contributed by atoms with Gasteiger partial charge in [0.15, 0.2) is 24.8 Å². The molecule has 2 nitrogen and oxygen atoms in total. The van der Waals surface area contributed by atoms with Crippen molar-refractivity contribution in [3.8, 4) is 0 Å². The van der Waals surface area contributed by atoms with E-state index in [0.717, 1.165) is 23.7 Å². The molecule has 3 aliphatic carbocycles. The van der Waals surface area contributed by atoms with E-state index >= 15 is 0 Å². The molecule has 32 heavy (non-hydrogen) atoms. The van der Waals surface area contributed by atoms with Gasteiger partial charge in [0, 0.05) is 24.3 Å². The average molecular weight is 417 g/mol. The molecule has 2 aromatic heterocycles. The number of benzene rings is 2. The Balaban J connectivity index is 1.32. The Bertz CT molecular complexity index is 1000. The van der Waals surface area contributed by atoms with Crippen LogP contribution in [0.5, 0.6) is 0 Å². The van der Waals surface area contributed by atoms with Crippen LogP contribution in [0.25, 0.3) is 0 Å². The summed E-state index contributed by atoms with van der Waals surface area (Å²) in [7, 11) is 0. The molecule has 3 fully saturated rings. The van der Waals surface area contributed by atoms with E-state index in [-0.39, 0.29) is 0 Å². The standard InChI is InChI=1S/C30H26N2/c1-3-7-19(8-4-1)23-25(21-11-15-31-16-12-21)29-27(23)30-26(22-13-17-32-18-14-22)24(28(29)30)20-9-5-2-6-10-20/h1-18,23-30H/p+2/t23-,24+,25+,26-,27?,28?,29?,30?. The van der Waals surface area contributed by atoms with E-state index in [9.17, 15) is 0 Å². The van der Waals surface area contributed by atoms with Gasteiger partial charge in [0.1, 0.15) is 0 Å². The Labute approximate surface area is 189 Å². The lowest BCUT2D eigenvalue weighted by Crippen LogP contribution is -2.71. The molecule has 0 saturated heterocycles. The molecule has 0 aliphatic heterocycles. The number of aromatic amines is 2. The van der Waals surface area contributed by atoms with Crippen molar-refractivity contribution in [2.75, 3.05) is 0 Å². The summed E-state index contributed by atoms with van der Waals surface area (Å²) in [6.45, 7) is 0. The van der Waals surface area contributed by atoms with Gasteiger partial charge in [-0.15, -0.1) is 0 Å². The smallest absolute Gasteiger partial charge is 0.167 e. The zero-order chi connectivity index (χ0) is 21.1. The minimum atomic E-state index is 0.620. The fourth-order valence-corrected chi connectivity index (χ4v) is 7.78. The van der Waals surface area contributed by atoms with Crippen LogP contribution in [0.4, 0.5) is 0 Å².